The third-order valence-corrected chi connectivity index (χ3v) is 4.59. The minimum atomic E-state index is -0.155. The summed E-state index contributed by atoms with van der Waals surface area (Å²) in [5.74, 6) is -0.155. The molecule has 0 amide bonds. The zero-order chi connectivity index (χ0) is 14.4. The van der Waals surface area contributed by atoms with Crippen LogP contribution in [0, 0.1) is 5.82 Å². The van der Waals surface area contributed by atoms with Gasteiger partial charge in [-0.25, -0.2) is 8.70 Å². The maximum atomic E-state index is 13.7. The third-order valence-electron chi connectivity index (χ3n) is 2.98. The van der Waals surface area contributed by atoms with E-state index in [0.29, 0.717) is 10.9 Å². The Morgan fingerprint density at radius 1 is 1.37 bits per heavy atom. The molecule has 1 aromatic carbocycles. The Morgan fingerprint density at radius 3 is 2.58 bits per heavy atom. The first kappa shape index (κ1) is 17.0. The molecule has 1 fully saturated rings. The van der Waals surface area contributed by atoms with Crippen molar-refractivity contribution in [2.45, 2.75) is 31.2 Å². The maximum Gasteiger partial charge on any atom is 0.139 e. The van der Waals surface area contributed by atoms with Crippen LogP contribution in [0.2, 0.25) is 0 Å². The molecule has 2 nitrogen and oxygen atoms in total. The molecular formula is C14H22BrFN2S. The van der Waals surface area contributed by atoms with Gasteiger partial charge in [-0.05, 0) is 50.7 Å². The molecule has 1 unspecified atom stereocenters. The van der Waals surface area contributed by atoms with Gasteiger partial charge in [-0.15, -0.1) is 0 Å². The lowest BCUT2D eigenvalue weighted by atomic mass is 10.2. The lowest BCUT2D eigenvalue weighted by Gasteiger charge is -2.19. The van der Waals surface area contributed by atoms with Gasteiger partial charge in [0.1, 0.15) is 5.82 Å². The van der Waals surface area contributed by atoms with Gasteiger partial charge >= 0.3 is 0 Å². The Kier molecular flexibility index (Phi) is 7.36. The molecule has 0 N–H and O–H groups in total. The molecule has 0 saturated carbocycles. The number of rotatable bonds is 3. The van der Waals surface area contributed by atoms with Crippen LogP contribution < -0.4 is 0 Å². The molecule has 1 atom stereocenters. The Labute approximate surface area is 128 Å². The average molecular weight is 349 g/mol. The number of likely N-dealkylation sites (N-methyl/N-ethyl adjacent to an activating group) is 1. The number of hydrogen-bond acceptors (Lipinski definition) is 3. The van der Waals surface area contributed by atoms with E-state index in [1.807, 2.05) is 26.0 Å². The predicted octanol–water partition coefficient (Wildman–Crippen LogP) is 4.26. The van der Waals surface area contributed by atoms with Crippen LogP contribution in [0.25, 0.3) is 0 Å². The zero-order valence-electron chi connectivity index (χ0n) is 12.0. The molecule has 1 aliphatic heterocycles. The highest BCUT2D eigenvalue weighted by molar-refractivity contribution is 9.10. The van der Waals surface area contributed by atoms with E-state index >= 15 is 0 Å². The summed E-state index contributed by atoms with van der Waals surface area (Å²) in [4.78, 5) is 2.94. The van der Waals surface area contributed by atoms with Crippen molar-refractivity contribution in [1.29, 1.82) is 0 Å². The van der Waals surface area contributed by atoms with Crippen molar-refractivity contribution in [2.75, 3.05) is 27.2 Å². The summed E-state index contributed by atoms with van der Waals surface area (Å²) in [6.07, 6.45) is 1.15. The van der Waals surface area contributed by atoms with Crippen LogP contribution in [0.1, 0.15) is 20.3 Å². The Hall–Kier alpha value is -0.100. The van der Waals surface area contributed by atoms with Crippen LogP contribution in [0.3, 0.4) is 0 Å². The summed E-state index contributed by atoms with van der Waals surface area (Å²) in [5, 5.41) is 0. The summed E-state index contributed by atoms with van der Waals surface area (Å²) >= 11 is 4.79. The van der Waals surface area contributed by atoms with Gasteiger partial charge in [0.2, 0.25) is 0 Å². The van der Waals surface area contributed by atoms with Crippen molar-refractivity contribution in [3.8, 4) is 0 Å². The molecule has 5 heteroatoms. The Morgan fingerprint density at radius 2 is 2.05 bits per heavy atom. The van der Waals surface area contributed by atoms with E-state index in [9.17, 15) is 4.39 Å². The molecule has 1 saturated heterocycles. The van der Waals surface area contributed by atoms with Crippen LogP contribution in [-0.2, 0) is 0 Å². The second-order valence-corrected chi connectivity index (χ2v) is 6.51. The summed E-state index contributed by atoms with van der Waals surface area (Å²) < 4.78 is 16.7. The minimum Gasteiger partial charge on any atom is -0.305 e. The molecular weight excluding hydrogens is 327 g/mol. The molecule has 0 aromatic heterocycles. The largest absolute Gasteiger partial charge is 0.305 e. The van der Waals surface area contributed by atoms with Gasteiger partial charge < -0.3 is 4.90 Å². The number of hydrogen-bond donors (Lipinski definition) is 0. The molecule has 19 heavy (non-hydrogen) atoms. The van der Waals surface area contributed by atoms with Gasteiger partial charge in [0.15, 0.2) is 0 Å². The molecule has 0 aliphatic carbocycles. The quantitative estimate of drug-likeness (QED) is 0.753. The van der Waals surface area contributed by atoms with E-state index in [0.717, 1.165) is 24.0 Å². The van der Waals surface area contributed by atoms with Gasteiger partial charge in [0.05, 0.1) is 4.90 Å². The highest BCUT2D eigenvalue weighted by Gasteiger charge is 2.25. The number of benzene rings is 1. The SMILES string of the molecule is CC.CN(C)C1CCN(Sc2ccc(Br)cc2F)C1. The maximum absolute atomic E-state index is 13.7. The molecule has 0 bridgehead atoms. The summed E-state index contributed by atoms with van der Waals surface area (Å²) in [6, 6.07) is 5.81. The van der Waals surface area contributed by atoms with Gasteiger partial charge in [0, 0.05) is 23.6 Å². The Balaban J connectivity index is 0.000000861. The monoisotopic (exact) mass is 348 g/mol. The van der Waals surface area contributed by atoms with E-state index < -0.39 is 0 Å². The van der Waals surface area contributed by atoms with E-state index in [-0.39, 0.29) is 5.82 Å². The first-order valence-corrected chi connectivity index (χ1v) is 8.17. The fraction of sp³-hybridized carbons (Fsp3) is 0.571. The highest BCUT2D eigenvalue weighted by atomic mass is 79.9. The summed E-state index contributed by atoms with van der Waals surface area (Å²) in [7, 11) is 4.19. The van der Waals surface area contributed by atoms with Crippen molar-refractivity contribution in [2.24, 2.45) is 0 Å². The molecule has 0 spiro atoms. The van der Waals surface area contributed by atoms with Crippen molar-refractivity contribution < 1.29 is 4.39 Å². The summed E-state index contributed by atoms with van der Waals surface area (Å²) in [5.41, 5.74) is 0. The van der Waals surface area contributed by atoms with E-state index in [4.69, 9.17) is 0 Å². The first-order chi connectivity index (χ1) is 9.06. The fourth-order valence-corrected chi connectivity index (χ4v) is 3.23. The van der Waals surface area contributed by atoms with Crippen molar-refractivity contribution in [3.63, 3.8) is 0 Å². The van der Waals surface area contributed by atoms with Crippen molar-refractivity contribution in [3.05, 3.63) is 28.5 Å². The number of halogens is 2. The second kappa shape index (κ2) is 8.25. The fourth-order valence-electron chi connectivity index (χ4n) is 1.90. The highest BCUT2D eigenvalue weighted by Crippen LogP contribution is 2.30. The predicted molar refractivity (Wildman–Crippen MR) is 85.0 cm³/mol. The van der Waals surface area contributed by atoms with Gasteiger partial charge in [-0.1, -0.05) is 29.8 Å². The smallest absolute Gasteiger partial charge is 0.139 e. The lowest BCUT2D eigenvalue weighted by Crippen LogP contribution is -2.29. The first-order valence-electron chi connectivity index (χ1n) is 6.60. The standard InChI is InChI=1S/C12H16BrFN2S.C2H6/c1-15(2)10-5-6-16(8-10)17-12-4-3-9(13)7-11(12)14;1-2/h3-4,7,10H,5-6,8H2,1-2H3;1-2H3. The second-order valence-electron chi connectivity index (χ2n) is 4.46. The van der Waals surface area contributed by atoms with E-state index in [1.165, 1.54) is 18.0 Å². The molecule has 0 radical (unpaired) electrons. The minimum absolute atomic E-state index is 0.155. The molecule has 2 rings (SSSR count). The number of nitrogens with zero attached hydrogens (tertiary/aromatic N) is 2. The summed E-state index contributed by atoms with van der Waals surface area (Å²) in [6.45, 7) is 6.01. The van der Waals surface area contributed by atoms with E-state index in [2.05, 4.69) is 39.2 Å². The van der Waals surface area contributed by atoms with Crippen LogP contribution in [-0.4, -0.2) is 42.4 Å². The van der Waals surface area contributed by atoms with Gasteiger partial charge in [0.25, 0.3) is 0 Å². The van der Waals surface area contributed by atoms with Crippen LogP contribution in [0.4, 0.5) is 4.39 Å². The molecule has 1 aromatic rings. The normalized spacial score (nSPS) is 19.4. The van der Waals surface area contributed by atoms with E-state index in [1.54, 1.807) is 0 Å². The molecule has 108 valence electrons. The topological polar surface area (TPSA) is 6.48 Å². The van der Waals surface area contributed by atoms with Crippen LogP contribution >= 0.6 is 27.9 Å². The van der Waals surface area contributed by atoms with Crippen molar-refractivity contribution in [1.82, 2.24) is 9.21 Å². The lowest BCUT2D eigenvalue weighted by molar-refractivity contribution is 0.305. The average Bonchev–Trinajstić information content (AvgIpc) is 2.84. The van der Waals surface area contributed by atoms with Gasteiger partial charge in [-0.3, -0.25) is 0 Å². The van der Waals surface area contributed by atoms with Crippen LogP contribution in [0.15, 0.2) is 27.6 Å². The zero-order valence-corrected chi connectivity index (χ0v) is 14.4. The van der Waals surface area contributed by atoms with Crippen molar-refractivity contribution >= 4 is 27.9 Å². The Bertz CT molecular complexity index is 401. The van der Waals surface area contributed by atoms with Crippen LogP contribution in [0.5, 0.6) is 0 Å². The molecule has 1 heterocycles. The van der Waals surface area contributed by atoms with Gasteiger partial charge in [-0.2, -0.15) is 0 Å². The third kappa shape index (κ3) is 5.06. The molecule has 1 aliphatic rings.